The van der Waals surface area contributed by atoms with Gasteiger partial charge in [0.25, 0.3) is 0 Å². The van der Waals surface area contributed by atoms with Gasteiger partial charge in [-0.3, -0.25) is 9.97 Å². The third-order valence-electron chi connectivity index (χ3n) is 2.16. The van der Waals surface area contributed by atoms with E-state index in [9.17, 15) is 4.39 Å². The Morgan fingerprint density at radius 2 is 2.06 bits per heavy atom. The molecule has 0 N–H and O–H groups in total. The van der Waals surface area contributed by atoms with Crippen LogP contribution in [0.3, 0.4) is 0 Å². The first kappa shape index (κ1) is 10.2. The van der Waals surface area contributed by atoms with Crippen LogP contribution in [0, 0.1) is 17.1 Å². The standard InChI is InChI=1S/C12H8FN3/c13-11-7-10(1-4-14)12(16-8-11)9-2-5-15-6-3-9/h2-3,5-8H,1H2. The van der Waals surface area contributed by atoms with E-state index in [1.807, 2.05) is 6.07 Å². The van der Waals surface area contributed by atoms with Crippen LogP contribution in [-0.2, 0) is 6.42 Å². The zero-order chi connectivity index (χ0) is 11.4. The molecule has 0 atom stereocenters. The van der Waals surface area contributed by atoms with Crippen molar-refractivity contribution in [2.24, 2.45) is 0 Å². The Hall–Kier alpha value is -2.28. The highest BCUT2D eigenvalue weighted by atomic mass is 19.1. The number of rotatable bonds is 2. The summed E-state index contributed by atoms with van der Waals surface area (Å²) >= 11 is 0. The summed E-state index contributed by atoms with van der Waals surface area (Å²) in [5.41, 5.74) is 2.05. The van der Waals surface area contributed by atoms with Gasteiger partial charge in [0.15, 0.2) is 0 Å². The summed E-state index contributed by atoms with van der Waals surface area (Å²) in [6.07, 6.45) is 4.56. The SMILES string of the molecule is N#CCc1cc(F)cnc1-c1ccncc1. The first-order valence-corrected chi connectivity index (χ1v) is 4.73. The number of nitriles is 1. The summed E-state index contributed by atoms with van der Waals surface area (Å²) in [6.45, 7) is 0. The van der Waals surface area contributed by atoms with Gasteiger partial charge in [-0.2, -0.15) is 5.26 Å². The lowest BCUT2D eigenvalue weighted by Crippen LogP contribution is -1.94. The minimum Gasteiger partial charge on any atom is -0.265 e. The van der Waals surface area contributed by atoms with Crippen molar-refractivity contribution < 1.29 is 4.39 Å². The van der Waals surface area contributed by atoms with Gasteiger partial charge in [-0.25, -0.2) is 4.39 Å². The first-order valence-electron chi connectivity index (χ1n) is 4.73. The minimum absolute atomic E-state index is 0.141. The fourth-order valence-electron chi connectivity index (χ4n) is 1.47. The molecule has 4 heteroatoms. The molecule has 0 radical (unpaired) electrons. The molecule has 0 saturated heterocycles. The highest BCUT2D eigenvalue weighted by Crippen LogP contribution is 2.21. The molecular formula is C12H8FN3. The summed E-state index contributed by atoms with van der Waals surface area (Å²) in [4.78, 5) is 7.91. The van der Waals surface area contributed by atoms with E-state index in [-0.39, 0.29) is 6.42 Å². The molecule has 0 unspecified atom stereocenters. The van der Waals surface area contributed by atoms with Gasteiger partial charge in [0.1, 0.15) is 5.82 Å². The predicted molar refractivity (Wildman–Crippen MR) is 56.7 cm³/mol. The van der Waals surface area contributed by atoms with E-state index >= 15 is 0 Å². The summed E-state index contributed by atoms with van der Waals surface area (Å²) in [5.74, 6) is -0.428. The molecule has 2 aromatic heterocycles. The van der Waals surface area contributed by atoms with E-state index in [4.69, 9.17) is 5.26 Å². The van der Waals surface area contributed by atoms with Gasteiger partial charge in [-0.15, -0.1) is 0 Å². The molecule has 0 fully saturated rings. The van der Waals surface area contributed by atoms with Crippen LogP contribution in [0.5, 0.6) is 0 Å². The molecular weight excluding hydrogens is 205 g/mol. The summed E-state index contributed by atoms with van der Waals surface area (Å²) in [7, 11) is 0. The maximum Gasteiger partial charge on any atom is 0.141 e. The van der Waals surface area contributed by atoms with Crippen molar-refractivity contribution in [3.63, 3.8) is 0 Å². The van der Waals surface area contributed by atoms with Crippen LogP contribution in [-0.4, -0.2) is 9.97 Å². The number of halogens is 1. The Morgan fingerprint density at radius 3 is 2.75 bits per heavy atom. The van der Waals surface area contributed by atoms with Crippen LogP contribution in [0.4, 0.5) is 4.39 Å². The lowest BCUT2D eigenvalue weighted by molar-refractivity contribution is 0.620. The van der Waals surface area contributed by atoms with Crippen LogP contribution in [0.2, 0.25) is 0 Å². The summed E-state index contributed by atoms with van der Waals surface area (Å²) in [6, 6.07) is 6.90. The van der Waals surface area contributed by atoms with E-state index in [2.05, 4.69) is 9.97 Å². The molecule has 16 heavy (non-hydrogen) atoms. The number of pyridine rings is 2. The minimum atomic E-state index is -0.428. The van der Waals surface area contributed by atoms with Crippen molar-refractivity contribution in [2.75, 3.05) is 0 Å². The van der Waals surface area contributed by atoms with E-state index < -0.39 is 5.82 Å². The molecule has 3 nitrogen and oxygen atoms in total. The second-order valence-electron chi connectivity index (χ2n) is 3.23. The molecule has 0 bridgehead atoms. The zero-order valence-electron chi connectivity index (χ0n) is 8.39. The Morgan fingerprint density at radius 1 is 1.31 bits per heavy atom. The van der Waals surface area contributed by atoms with Crippen molar-refractivity contribution >= 4 is 0 Å². The fourth-order valence-corrected chi connectivity index (χ4v) is 1.47. The maximum absolute atomic E-state index is 13.0. The normalized spacial score (nSPS) is 9.75. The highest BCUT2D eigenvalue weighted by Gasteiger charge is 2.07. The van der Waals surface area contributed by atoms with Gasteiger partial charge in [-0.05, 0) is 23.8 Å². The van der Waals surface area contributed by atoms with E-state index in [0.717, 1.165) is 11.8 Å². The summed E-state index contributed by atoms with van der Waals surface area (Å²) < 4.78 is 13.0. The van der Waals surface area contributed by atoms with E-state index in [1.165, 1.54) is 6.07 Å². The zero-order valence-corrected chi connectivity index (χ0v) is 8.39. The molecule has 78 valence electrons. The predicted octanol–water partition coefficient (Wildman–Crippen LogP) is 2.35. The van der Waals surface area contributed by atoms with Crippen molar-refractivity contribution in [1.82, 2.24) is 9.97 Å². The van der Waals surface area contributed by atoms with E-state index in [1.54, 1.807) is 24.5 Å². The van der Waals surface area contributed by atoms with Crippen molar-refractivity contribution in [2.45, 2.75) is 6.42 Å². The third kappa shape index (κ3) is 2.04. The highest BCUT2D eigenvalue weighted by molar-refractivity contribution is 5.62. The molecule has 0 amide bonds. The first-order chi connectivity index (χ1) is 7.81. The Labute approximate surface area is 92.2 Å². The second-order valence-corrected chi connectivity index (χ2v) is 3.23. The molecule has 0 spiro atoms. The Bertz CT molecular complexity index is 532. The Balaban J connectivity index is 2.53. The molecule has 2 heterocycles. The summed E-state index contributed by atoms with van der Waals surface area (Å²) in [5, 5.41) is 8.67. The fraction of sp³-hybridized carbons (Fsp3) is 0.0833. The molecule has 0 aliphatic rings. The largest absolute Gasteiger partial charge is 0.265 e. The van der Waals surface area contributed by atoms with Gasteiger partial charge in [0.2, 0.25) is 0 Å². The van der Waals surface area contributed by atoms with Crippen molar-refractivity contribution in [1.29, 1.82) is 5.26 Å². The van der Waals surface area contributed by atoms with Crippen LogP contribution in [0.15, 0.2) is 36.8 Å². The van der Waals surface area contributed by atoms with Gasteiger partial charge in [0.05, 0.1) is 24.4 Å². The maximum atomic E-state index is 13.0. The van der Waals surface area contributed by atoms with Gasteiger partial charge >= 0.3 is 0 Å². The van der Waals surface area contributed by atoms with Crippen LogP contribution >= 0.6 is 0 Å². The quantitative estimate of drug-likeness (QED) is 0.769. The molecule has 0 aliphatic heterocycles. The van der Waals surface area contributed by atoms with Gasteiger partial charge in [-0.1, -0.05) is 0 Å². The van der Waals surface area contributed by atoms with Crippen LogP contribution < -0.4 is 0 Å². The lowest BCUT2D eigenvalue weighted by Gasteiger charge is -2.05. The van der Waals surface area contributed by atoms with Crippen LogP contribution in [0.1, 0.15) is 5.56 Å². The Kier molecular flexibility index (Phi) is 2.88. The number of aromatic nitrogens is 2. The van der Waals surface area contributed by atoms with Crippen LogP contribution in [0.25, 0.3) is 11.3 Å². The smallest absolute Gasteiger partial charge is 0.141 e. The molecule has 0 saturated carbocycles. The topological polar surface area (TPSA) is 49.6 Å². The number of hydrogen-bond donors (Lipinski definition) is 0. The van der Waals surface area contributed by atoms with E-state index in [0.29, 0.717) is 11.3 Å². The monoisotopic (exact) mass is 213 g/mol. The molecule has 0 aromatic carbocycles. The second kappa shape index (κ2) is 4.49. The average Bonchev–Trinajstić information content (AvgIpc) is 2.31. The lowest BCUT2D eigenvalue weighted by atomic mass is 10.1. The number of hydrogen-bond acceptors (Lipinski definition) is 3. The third-order valence-corrected chi connectivity index (χ3v) is 2.16. The van der Waals surface area contributed by atoms with Crippen molar-refractivity contribution in [3.05, 3.63) is 48.2 Å². The molecule has 2 aromatic rings. The molecule has 0 aliphatic carbocycles. The average molecular weight is 213 g/mol. The number of nitrogens with zero attached hydrogens (tertiary/aromatic N) is 3. The van der Waals surface area contributed by atoms with Gasteiger partial charge in [0, 0.05) is 18.0 Å². The van der Waals surface area contributed by atoms with Crippen molar-refractivity contribution in [3.8, 4) is 17.3 Å². The van der Waals surface area contributed by atoms with Gasteiger partial charge < -0.3 is 0 Å². The molecule has 2 rings (SSSR count).